The van der Waals surface area contributed by atoms with Gasteiger partial charge in [0.25, 0.3) is 0 Å². The summed E-state index contributed by atoms with van der Waals surface area (Å²) in [4.78, 5) is 25.5. The lowest BCUT2D eigenvalue weighted by atomic mass is 10.1. The molecule has 0 aliphatic rings. The van der Waals surface area contributed by atoms with Crippen molar-refractivity contribution in [3.63, 3.8) is 0 Å². The zero-order valence-corrected chi connectivity index (χ0v) is 14.6. The number of hydrogen-bond acceptors (Lipinski definition) is 8. The molecule has 0 radical (unpaired) electrons. The Bertz CT molecular complexity index is 1330. The second kappa shape index (κ2) is 5.94. The Morgan fingerprint density at radius 2 is 1.52 bits per heavy atom. The van der Waals surface area contributed by atoms with Crippen LogP contribution in [-0.2, 0) is 0 Å². The molecule has 8 nitrogen and oxygen atoms in total. The summed E-state index contributed by atoms with van der Waals surface area (Å²) in [5, 5.41) is 10.5. The maximum atomic E-state index is 13.1. The van der Waals surface area contributed by atoms with E-state index >= 15 is 0 Å². The van der Waals surface area contributed by atoms with Crippen molar-refractivity contribution in [2.75, 3.05) is 21.3 Å². The number of ether oxygens (including phenoxy) is 3. The first-order valence-corrected chi connectivity index (χ1v) is 7.84. The van der Waals surface area contributed by atoms with Gasteiger partial charge >= 0.3 is 5.63 Å². The van der Waals surface area contributed by atoms with Gasteiger partial charge < -0.3 is 28.2 Å². The fourth-order valence-electron chi connectivity index (χ4n) is 3.07. The molecule has 0 bridgehead atoms. The molecule has 2 aromatic heterocycles. The predicted octanol–water partition coefficient (Wildman–Crippen LogP) is 2.78. The lowest BCUT2D eigenvalue weighted by Gasteiger charge is -2.10. The van der Waals surface area contributed by atoms with E-state index in [1.54, 1.807) is 0 Å². The maximum Gasteiger partial charge on any atom is 0.380 e. The Balaban J connectivity index is 2.27. The van der Waals surface area contributed by atoms with E-state index in [1.807, 2.05) is 0 Å². The van der Waals surface area contributed by atoms with Crippen LogP contribution in [0.3, 0.4) is 0 Å². The van der Waals surface area contributed by atoms with Crippen LogP contribution < -0.4 is 25.3 Å². The van der Waals surface area contributed by atoms with Crippen molar-refractivity contribution < 1.29 is 28.2 Å². The van der Waals surface area contributed by atoms with Crippen molar-refractivity contribution in [1.82, 2.24) is 0 Å². The van der Waals surface area contributed by atoms with Crippen LogP contribution in [0.1, 0.15) is 0 Å². The molecule has 4 aromatic rings. The van der Waals surface area contributed by atoms with E-state index in [2.05, 4.69) is 0 Å². The van der Waals surface area contributed by atoms with E-state index in [0.717, 1.165) is 0 Å². The first-order chi connectivity index (χ1) is 13.0. The zero-order valence-electron chi connectivity index (χ0n) is 14.6. The zero-order chi connectivity index (χ0) is 19.3. The Kier molecular flexibility index (Phi) is 3.69. The van der Waals surface area contributed by atoms with Gasteiger partial charge in [0.1, 0.15) is 28.1 Å². The summed E-state index contributed by atoms with van der Waals surface area (Å²) in [6.07, 6.45) is 0. The monoisotopic (exact) mass is 370 g/mol. The summed E-state index contributed by atoms with van der Waals surface area (Å²) >= 11 is 0. The molecule has 0 atom stereocenters. The summed E-state index contributed by atoms with van der Waals surface area (Å²) in [5.74, 6) is 0.643. The van der Waals surface area contributed by atoms with E-state index in [-0.39, 0.29) is 39.0 Å². The fraction of sp³-hybridized carbons (Fsp3) is 0.158. The number of rotatable bonds is 3. The van der Waals surface area contributed by atoms with Gasteiger partial charge in [0.15, 0.2) is 11.5 Å². The lowest BCUT2D eigenvalue weighted by Crippen LogP contribution is -2.10. The van der Waals surface area contributed by atoms with Gasteiger partial charge in [-0.2, -0.15) is 0 Å². The van der Waals surface area contributed by atoms with Gasteiger partial charge in [-0.1, -0.05) is 0 Å². The van der Waals surface area contributed by atoms with Crippen LogP contribution in [0.5, 0.6) is 23.0 Å². The summed E-state index contributed by atoms with van der Waals surface area (Å²) < 4.78 is 26.4. The van der Waals surface area contributed by atoms with Crippen LogP contribution in [0.15, 0.2) is 42.7 Å². The highest BCUT2D eigenvalue weighted by atomic mass is 16.5. The van der Waals surface area contributed by atoms with Gasteiger partial charge in [-0.3, -0.25) is 4.79 Å². The van der Waals surface area contributed by atoms with Crippen molar-refractivity contribution in [3.05, 3.63) is 44.9 Å². The van der Waals surface area contributed by atoms with Crippen LogP contribution in [0, 0.1) is 0 Å². The number of hydrogen-bond donors (Lipinski definition) is 1. The van der Waals surface area contributed by atoms with Crippen molar-refractivity contribution >= 4 is 32.9 Å². The van der Waals surface area contributed by atoms with E-state index in [4.69, 9.17) is 23.0 Å². The molecule has 0 spiro atoms. The number of methoxy groups -OCH3 is 3. The van der Waals surface area contributed by atoms with Gasteiger partial charge in [-0.25, -0.2) is 4.79 Å². The van der Waals surface area contributed by atoms with Gasteiger partial charge in [0, 0.05) is 23.6 Å². The van der Waals surface area contributed by atoms with Crippen molar-refractivity contribution in [2.24, 2.45) is 0 Å². The molecule has 0 aliphatic carbocycles. The third kappa shape index (κ3) is 2.37. The molecule has 8 heteroatoms. The maximum absolute atomic E-state index is 13.1. The van der Waals surface area contributed by atoms with Crippen LogP contribution >= 0.6 is 0 Å². The molecule has 2 aromatic carbocycles. The molecule has 1 N–H and O–H groups in total. The minimum absolute atomic E-state index is 0.0106. The SMILES string of the molecule is COc1cc(O)c2c(=O)c3c(oc2c1)c(=O)oc1cc(OC)c(OC)cc13. The highest BCUT2D eigenvalue weighted by molar-refractivity contribution is 6.07. The molecule has 0 fully saturated rings. The molecule has 138 valence electrons. The van der Waals surface area contributed by atoms with E-state index in [1.165, 1.54) is 45.6 Å². The third-order valence-electron chi connectivity index (χ3n) is 4.33. The largest absolute Gasteiger partial charge is 0.507 e. The Labute approximate surface area is 151 Å². The second-order valence-corrected chi connectivity index (χ2v) is 5.75. The second-order valence-electron chi connectivity index (χ2n) is 5.75. The summed E-state index contributed by atoms with van der Waals surface area (Å²) in [5.41, 5.74) is -1.52. The molecule has 0 unspecified atom stereocenters. The molecule has 0 saturated heterocycles. The molecule has 0 amide bonds. The minimum atomic E-state index is -0.828. The number of fused-ring (bicyclic) bond motifs is 4. The van der Waals surface area contributed by atoms with E-state index in [9.17, 15) is 14.7 Å². The molecular weight excluding hydrogens is 356 g/mol. The standard InChI is InChI=1S/C19H14O8/c1-23-8-4-10(20)16-14(5-8)26-18-15(17(16)21)9-6-12(24-2)13(25-3)7-11(9)27-19(18)22/h4-7,20H,1-3H3. The van der Waals surface area contributed by atoms with Gasteiger partial charge in [0.05, 0.1) is 26.7 Å². The fourth-order valence-corrected chi connectivity index (χ4v) is 3.07. The van der Waals surface area contributed by atoms with Crippen LogP contribution in [0.25, 0.3) is 32.9 Å². The van der Waals surface area contributed by atoms with Gasteiger partial charge in [-0.05, 0) is 6.07 Å². The first-order valence-electron chi connectivity index (χ1n) is 7.84. The van der Waals surface area contributed by atoms with Crippen LogP contribution in [0.4, 0.5) is 0 Å². The Hall–Kier alpha value is -3.68. The molecule has 27 heavy (non-hydrogen) atoms. The predicted molar refractivity (Wildman–Crippen MR) is 97.4 cm³/mol. The van der Waals surface area contributed by atoms with Crippen molar-refractivity contribution in [2.45, 2.75) is 0 Å². The normalized spacial score (nSPS) is 11.2. The third-order valence-corrected chi connectivity index (χ3v) is 4.33. The van der Waals surface area contributed by atoms with Crippen molar-refractivity contribution in [3.8, 4) is 23.0 Å². The number of phenols is 1. The molecule has 4 rings (SSSR count). The average Bonchev–Trinajstić information content (AvgIpc) is 2.66. The molecule has 2 heterocycles. The first kappa shape index (κ1) is 16.8. The van der Waals surface area contributed by atoms with Gasteiger partial charge in [-0.15, -0.1) is 0 Å². The highest BCUT2D eigenvalue weighted by Crippen LogP contribution is 2.36. The summed E-state index contributed by atoms with van der Waals surface area (Å²) in [7, 11) is 4.29. The molecular formula is C19H14O8. The van der Waals surface area contributed by atoms with E-state index < -0.39 is 11.1 Å². The topological polar surface area (TPSA) is 108 Å². The highest BCUT2D eigenvalue weighted by Gasteiger charge is 2.20. The molecule has 0 aliphatic heterocycles. The average molecular weight is 370 g/mol. The number of benzene rings is 2. The quantitative estimate of drug-likeness (QED) is 0.333. The number of aromatic hydroxyl groups is 1. The lowest BCUT2D eigenvalue weighted by molar-refractivity contribution is 0.355. The smallest absolute Gasteiger partial charge is 0.380 e. The summed E-state index contributed by atoms with van der Waals surface area (Å²) in [6.45, 7) is 0. The van der Waals surface area contributed by atoms with Crippen LogP contribution in [-0.4, -0.2) is 26.4 Å². The number of phenolic OH excluding ortho intramolecular Hbond substituents is 1. The van der Waals surface area contributed by atoms with Crippen molar-refractivity contribution in [1.29, 1.82) is 0 Å². The molecule has 0 saturated carbocycles. The minimum Gasteiger partial charge on any atom is -0.507 e. The van der Waals surface area contributed by atoms with E-state index in [0.29, 0.717) is 16.9 Å². The van der Waals surface area contributed by atoms with Crippen LogP contribution in [0.2, 0.25) is 0 Å². The Morgan fingerprint density at radius 1 is 0.815 bits per heavy atom. The van der Waals surface area contributed by atoms with Gasteiger partial charge in [0.2, 0.25) is 11.0 Å². The Morgan fingerprint density at radius 3 is 2.19 bits per heavy atom. The summed E-state index contributed by atoms with van der Waals surface area (Å²) in [6, 6.07) is 5.67.